The van der Waals surface area contributed by atoms with Crippen LogP contribution in [-0.4, -0.2) is 61.6 Å². The summed E-state index contributed by atoms with van der Waals surface area (Å²) in [7, 11) is 1.86. The summed E-state index contributed by atoms with van der Waals surface area (Å²) in [5, 5.41) is 8.95. The van der Waals surface area contributed by atoms with Gasteiger partial charge in [-0.2, -0.15) is 5.26 Å². The van der Waals surface area contributed by atoms with E-state index in [-0.39, 0.29) is 18.6 Å². The standard InChI is InChI=1S/C16H22N4O2/c1-19(12-16(18)21)10-15-11-20(5-6-22-15)9-14-4-2-3-13(7-14)8-17/h2-4,7,15H,5-6,9-12H2,1H3,(H2,18,21)/t15-/m0/s1. The summed E-state index contributed by atoms with van der Waals surface area (Å²) in [6.45, 7) is 4.07. The first-order valence-electron chi connectivity index (χ1n) is 7.36. The Morgan fingerprint density at radius 3 is 3.14 bits per heavy atom. The number of amides is 1. The fraction of sp³-hybridized carbons (Fsp3) is 0.500. The topological polar surface area (TPSA) is 82.6 Å². The van der Waals surface area contributed by atoms with Gasteiger partial charge in [-0.05, 0) is 24.7 Å². The van der Waals surface area contributed by atoms with E-state index in [1.54, 1.807) is 0 Å². The van der Waals surface area contributed by atoms with Crippen molar-refractivity contribution in [2.45, 2.75) is 12.6 Å². The van der Waals surface area contributed by atoms with E-state index in [1.807, 2.05) is 36.2 Å². The van der Waals surface area contributed by atoms with Gasteiger partial charge in [-0.1, -0.05) is 12.1 Å². The molecule has 0 saturated carbocycles. The van der Waals surface area contributed by atoms with Crippen LogP contribution in [0.5, 0.6) is 0 Å². The number of nitrogens with two attached hydrogens (primary N) is 1. The summed E-state index contributed by atoms with van der Waals surface area (Å²) in [6, 6.07) is 9.84. The van der Waals surface area contributed by atoms with Crippen LogP contribution in [0.3, 0.4) is 0 Å². The third kappa shape index (κ3) is 5.11. The monoisotopic (exact) mass is 302 g/mol. The van der Waals surface area contributed by atoms with Gasteiger partial charge in [-0.3, -0.25) is 14.6 Å². The quantitative estimate of drug-likeness (QED) is 0.810. The van der Waals surface area contributed by atoms with Crippen molar-refractivity contribution in [2.75, 3.05) is 39.8 Å². The van der Waals surface area contributed by atoms with E-state index < -0.39 is 0 Å². The Bertz CT molecular complexity index is 555. The fourth-order valence-corrected chi connectivity index (χ4v) is 2.71. The molecule has 0 aromatic heterocycles. The van der Waals surface area contributed by atoms with Gasteiger partial charge in [0.15, 0.2) is 0 Å². The zero-order valence-electron chi connectivity index (χ0n) is 12.9. The molecule has 2 rings (SSSR count). The molecule has 0 unspecified atom stereocenters. The summed E-state index contributed by atoms with van der Waals surface area (Å²) in [6.07, 6.45) is 0.0669. The van der Waals surface area contributed by atoms with Crippen LogP contribution in [0, 0.1) is 11.3 Å². The highest BCUT2D eigenvalue weighted by molar-refractivity contribution is 5.75. The Hall–Kier alpha value is -1.94. The number of hydrogen-bond acceptors (Lipinski definition) is 5. The van der Waals surface area contributed by atoms with Crippen LogP contribution in [0.25, 0.3) is 0 Å². The lowest BCUT2D eigenvalue weighted by Gasteiger charge is -2.34. The number of likely N-dealkylation sites (N-methyl/N-ethyl adjacent to an activating group) is 1. The first-order valence-corrected chi connectivity index (χ1v) is 7.36. The van der Waals surface area contributed by atoms with Crippen molar-refractivity contribution in [3.05, 3.63) is 35.4 Å². The fourth-order valence-electron chi connectivity index (χ4n) is 2.71. The Balaban J connectivity index is 1.87. The van der Waals surface area contributed by atoms with Crippen molar-refractivity contribution in [3.63, 3.8) is 0 Å². The average Bonchev–Trinajstić information content (AvgIpc) is 2.47. The van der Waals surface area contributed by atoms with Gasteiger partial charge < -0.3 is 10.5 Å². The van der Waals surface area contributed by atoms with Crippen molar-refractivity contribution < 1.29 is 9.53 Å². The van der Waals surface area contributed by atoms with E-state index >= 15 is 0 Å². The molecule has 118 valence electrons. The summed E-state index contributed by atoms with van der Waals surface area (Å²) >= 11 is 0. The molecule has 1 aliphatic rings. The highest BCUT2D eigenvalue weighted by Crippen LogP contribution is 2.12. The normalized spacial score (nSPS) is 19.0. The second kappa shape index (κ2) is 7.90. The van der Waals surface area contributed by atoms with Gasteiger partial charge in [-0.25, -0.2) is 0 Å². The van der Waals surface area contributed by atoms with Gasteiger partial charge in [0.2, 0.25) is 5.91 Å². The third-order valence-corrected chi connectivity index (χ3v) is 3.63. The number of nitrogens with zero attached hydrogens (tertiary/aromatic N) is 3. The SMILES string of the molecule is CN(CC(N)=O)C[C@H]1CN(Cc2cccc(C#N)c2)CCO1. The van der Waals surface area contributed by atoms with Crippen LogP contribution in [-0.2, 0) is 16.1 Å². The second-order valence-corrected chi connectivity index (χ2v) is 5.70. The number of benzene rings is 1. The molecule has 0 bridgehead atoms. The maximum Gasteiger partial charge on any atom is 0.231 e. The smallest absolute Gasteiger partial charge is 0.231 e. The van der Waals surface area contributed by atoms with E-state index in [1.165, 1.54) is 0 Å². The third-order valence-electron chi connectivity index (χ3n) is 3.63. The van der Waals surface area contributed by atoms with Crippen molar-refractivity contribution in [1.82, 2.24) is 9.80 Å². The highest BCUT2D eigenvalue weighted by atomic mass is 16.5. The van der Waals surface area contributed by atoms with Crippen LogP contribution in [0.2, 0.25) is 0 Å². The first kappa shape index (κ1) is 16.4. The van der Waals surface area contributed by atoms with Crippen molar-refractivity contribution >= 4 is 5.91 Å². The molecule has 1 fully saturated rings. The molecular weight excluding hydrogens is 280 g/mol. The van der Waals surface area contributed by atoms with Crippen molar-refractivity contribution in [3.8, 4) is 6.07 Å². The molecule has 22 heavy (non-hydrogen) atoms. The molecule has 1 amide bonds. The van der Waals surface area contributed by atoms with Gasteiger partial charge in [-0.15, -0.1) is 0 Å². The van der Waals surface area contributed by atoms with E-state index in [2.05, 4.69) is 11.0 Å². The second-order valence-electron chi connectivity index (χ2n) is 5.70. The molecule has 6 heteroatoms. The van der Waals surface area contributed by atoms with Gasteiger partial charge in [0, 0.05) is 26.2 Å². The molecule has 0 spiro atoms. The van der Waals surface area contributed by atoms with Crippen molar-refractivity contribution in [2.24, 2.45) is 5.73 Å². The summed E-state index contributed by atoms with van der Waals surface area (Å²) in [5.74, 6) is -0.330. The number of carbonyl (C=O) groups excluding carboxylic acids is 1. The predicted octanol–water partition coefficient (Wildman–Crippen LogP) is 0.176. The van der Waals surface area contributed by atoms with Crippen LogP contribution < -0.4 is 5.73 Å². The predicted molar refractivity (Wildman–Crippen MR) is 82.9 cm³/mol. The molecule has 1 atom stereocenters. The lowest BCUT2D eigenvalue weighted by molar-refractivity contribution is -0.119. The Labute approximate surface area is 131 Å². The maximum atomic E-state index is 10.9. The molecule has 1 saturated heterocycles. The van der Waals surface area contributed by atoms with Crippen LogP contribution in [0.1, 0.15) is 11.1 Å². The van der Waals surface area contributed by atoms with Gasteiger partial charge >= 0.3 is 0 Å². The van der Waals surface area contributed by atoms with E-state index in [9.17, 15) is 4.79 Å². The molecule has 1 heterocycles. The lowest BCUT2D eigenvalue weighted by atomic mass is 10.1. The molecule has 1 aromatic rings. The number of nitriles is 1. The Morgan fingerprint density at radius 1 is 1.59 bits per heavy atom. The van der Waals surface area contributed by atoms with Crippen LogP contribution in [0.4, 0.5) is 0 Å². The summed E-state index contributed by atoms with van der Waals surface area (Å²) < 4.78 is 5.76. The zero-order valence-corrected chi connectivity index (χ0v) is 12.9. The largest absolute Gasteiger partial charge is 0.374 e. The van der Waals surface area contributed by atoms with Gasteiger partial charge in [0.1, 0.15) is 0 Å². The number of primary amides is 1. The molecular formula is C16H22N4O2. The summed E-state index contributed by atoms with van der Waals surface area (Å²) in [4.78, 5) is 15.1. The molecule has 6 nitrogen and oxygen atoms in total. The van der Waals surface area contributed by atoms with E-state index in [0.717, 1.165) is 25.2 Å². The Kier molecular flexibility index (Phi) is 5.90. The van der Waals surface area contributed by atoms with E-state index in [4.69, 9.17) is 15.7 Å². The summed E-state index contributed by atoms with van der Waals surface area (Å²) in [5.41, 5.74) is 7.01. The first-order chi connectivity index (χ1) is 10.6. The van der Waals surface area contributed by atoms with Crippen LogP contribution >= 0.6 is 0 Å². The molecule has 1 aliphatic heterocycles. The highest BCUT2D eigenvalue weighted by Gasteiger charge is 2.22. The maximum absolute atomic E-state index is 10.9. The van der Waals surface area contributed by atoms with Crippen LogP contribution in [0.15, 0.2) is 24.3 Å². The van der Waals surface area contributed by atoms with E-state index in [0.29, 0.717) is 18.7 Å². The lowest BCUT2D eigenvalue weighted by Crippen LogP contribution is -2.47. The molecule has 2 N–H and O–H groups in total. The number of carbonyl (C=O) groups is 1. The number of ether oxygens (including phenoxy) is 1. The zero-order chi connectivity index (χ0) is 15.9. The van der Waals surface area contributed by atoms with Gasteiger partial charge in [0.25, 0.3) is 0 Å². The van der Waals surface area contributed by atoms with Gasteiger partial charge in [0.05, 0.1) is 30.9 Å². The number of morpholine rings is 1. The minimum atomic E-state index is -0.330. The van der Waals surface area contributed by atoms with Crippen molar-refractivity contribution in [1.29, 1.82) is 5.26 Å². The average molecular weight is 302 g/mol. The Morgan fingerprint density at radius 2 is 2.41 bits per heavy atom. The molecule has 0 aliphatic carbocycles. The molecule has 0 radical (unpaired) electrons. The molecule has 1 aromatic carbocycles. The minimum Gasteiger partial charge on any atom is -0.374 e. The number of hydrogen-bond donors (Lipinski definition) is 1. The number of rotatable bonds is 6. The minimum absolute atomic E-state index is 0.0669.